The molecular formula is C12H12ClN5O3. The summed E-state index contributed by atoms with van der Waals surface area (Å²) in [5.41, 5.74) is 0.0378. The second-order valence-electron chi connectivity index (χ2n) is 4.29. The average Bonchev–Trinajstić information content (AvgIpc) is 2.83. The maximum Gasteiger partial charge on any atom is 0.287 e. The van der Waals surface area contributed by atoms with Gasteiger partial charge in [0.25, 0.3) is 11.6 Å². The molecule has 0 aliphatic carbocycles. The van der Waals surface area contributed by atoms with Crippen molar-refractivity contribution in [2.24, 2.45) is 7.05 Å². The molecule has 21 heavy (non-hydrogen) atoms. The molecule has 0 unspecified atom stereocenters. The van der Waals surface area contributed by atoms with Crippen molar-refractivity contribution in [2.45, 2.75) is 6.42 Å². The third kappa shape index (κ3) is 3.54. The Balaban J connectivity index is 1.96. The molecular weight excluding hydrogens is 298 g/mol. The number of hydrogen-bond donors (Lipinski definition) is 1. The van der Waals surface area contributed by atoms with E-state index in [1.165, 1.54) is 18.2 Å². The van der Waals surface area contributed by atoms with Gasteiger partial charge < -0.3 is 9.88 Å². The second-order valence-corrected chi connectivity index (χ2v) is 4.69. The quantitative estimate of drug-likeness (QED) is 0.663. The summed E-state index contributed by atoms with van der Waals surface area (Å²) >= 11 is 5.76. The number of rotatable bonds is 5. The topological polar surface area (TPSA) is 103 Å². The highest BCUT2D eigenvalue weighted by Crippen LogP contribution is 2.24. The first-order valence-corrected chi connectivity index (χ1v) is 6.42. The van der Waals surface area contributed by atoms with E-state index < -0.39 is 4.92 Å². The number of nitro benzene ring substituents is 1. The summed E-state index contributed by atoms with van der Waals surface area (Å²) in [6.45, 7) is 0.375. The van der Waals surface area contributed by atoms with Crippen LogP contribution in [0.4, 0.5) is 5.69 Å². The number of carbonyl (C=O) groups excluding carboxylic acids is 1. The Kier molecular flexibility index (Phi) is 4.49. The van der Waals surface area contributed by atoms with Crippen molar-refractivity contribution in [1.82, 2.24) is 20.1 Å². The number of carbonyl (C=O) groups is 1. The van der Waals surface area contributed by atoms with Gasteiger partial charge in [0.2, 0.25) is 0 Å². The number of nitrogens with zero attached hydrogens (tertiary/aromatic N) is 4. The van der Waals surface area contributed by atoms with Crippen molar-refractivity contribution < 1.29 is 9.72 Å². The molecule has 0 fully saturated rings. The van der Waals surface area contributed by atoms with Crippen LogP contribution in [0.25, 0.3) is 0 Å². The Morgan fingerprint density at radius 2 is 2.29 bits per heavy atom. The molecule has 2 rings (SSSR count). The molecule has 1 N–H and O–H groups in total. The van der Waals surface area contributed by atoms with Crippen LogP contribution >= 0.6 is 11.6 Å². The van der Waals surface area contributed by atoms with Crippen LogP contribution in [0.3, 0.4) is 0 Å². The number of amides is 1. The average molecular weight is 310 g/mol. The highest BCUT2D eigenvalue weighted by molar-refractivity contribution is 6.33. The molecule has 0 radical (unpaired) electrons. The Morgan fingerprint density at radius 3 is 2.86 bits per heavy atom. The summed E-state index contributed by atoms with van der Waals surface area (Å²) in [4.78, 5) is 22.0. The van der Waals surface area contributed by atoms with E-state index in [1.54, 1.807) is 10.9 Å². The fraction of sp³-hybridized carbons (Fsp3) is 0.250. The predicted octanol–water partition coefficient (Wildman–Crippen LogP) is 1.35. The molecule has 1 heterocycles. The Bertz CT molecular complexity index is 685. The number of halogens is 1. The number of hydrogen-bond acceptors (Lipinski definition) is 5. The molecule has 110 valence electrons. The minimum absolute atomic E-state index is 0.0686. The lowest BCUT2D eigenvalue weighted by Gasteiger charge is -2.05. The van der Waals surface area contributed by atoms with E-state index >= 15 is 0 Å². The lowest BCUT2D eigenvalue weighted by molar-refractivity contribution is -0.384. The normalized spacial score (nSPS) is 10.4. The number of nitrogens with one attached hydrogen (secondary N) is 1. The molecule has 2 aromatic rings. The lowest BCUT2D eigenvalue weighted by Crippen LogP contribution is -2.26. The van der Waals surface area contributed by atoms with E-state index in [2.05, 4.69) is 15.5 Å². The molecule has 0 aliphatic heterocycles. The Hall–Kier alpha value is -2.48. The van der Waals surface area contributed by atoms with Crippen molar-refractivity contribution in [3.8, 4) is 0 Å². The van der Waals surface area contributed by atoms with Gasteiger partial charge >= 0.3 is 0 Å². The van der Waals surface area contributed by atoms with Crippen molar-refractivity contribution in [3.05, 3.63) is 51.1 Å². The van der Waals surface area contributed by atoms with Gasteiger partial charge in [-0.05, 0) is 12.1 Å². The second kappa shape index (κ2) is 6.31. The molecule has 1 amide bonds. The minimum Gasteiger partial charge on any atom is -0.352 e. The summed E-state index contributed by atoms with van der Waals surface area (Å²) < 4.78 is 1.76. The van der Waals surface area contributed by atoms with Gasteiger partial charge in [-0.1, -0.05) is 11.6 Å². The molecule has 9 heteroatoms. The van der Waals surface area contributed by atoms with Crippen molar-refractivity contribution >= 4 is 23.2 Å². The Labute approximate surface area is 124 Å². The van der Waals surface area contributed by atoms with Gasteiger partial charge in [-0.2, -0.15) is 0 Å². The highest BCUT2D eigenvalue weighted by Gasteiger charge is 2.15. The summed E-state index contributed by atoms with van der Waals surface area (Å²) in [6, 6.07) is 3.85. The standard InChI is InChI=1S/C12H12ClN5O3/c1-17-7-15-16-11(17)4-5-14-12(19)8-2-3-10(18(20)21)9(13)6-8/h2-3,6-7H,4-5H2,1H3,(H,14,19). The molecule has 0 aliphatic rings. The molecule has 0 atom stereocenters. The van der Waals surface area contributed by atoms with E-state index in [0.29, 0.717) is 13.0 Å². The van der Waals surface area contributed by atoms with E-state index in [1.807, 2.05) is 7.05 Å². The molecule has 1 aromatic heterocycles. The predicted molar refractivity (Wildman–Crippen MR) is 75.1 cm³/mol. The van der Waals surface area contributed by atoms with E-state index in [0.717, 1.165) is 5.82 Å². The minimum atomic E-state index is -0.599. The van der Waals surface area contributed by atoms with Gasteiger partial charge in [0, 0.05) is 31.6 Å². The van der Waals surface area contributed by atoms with Crippen LogP contribution in [-0.4, -0.2) is 32.1 Å². The van der Waals surface area contributed by atoms with Gasteiger partial charge in [0.05, 0.1) is 4.92 Å². The number of aromatic nitrogens is 3. The largest absolute Gasteiger partial charge is 0.352 e. The zero-order chi connectivity index (χ0) is 15.4. The third-order valence-electron chi connectivity index (χ3n) is 2.85. The maximum atomic E-state index is 11.9. The number of benzene rings is 1. The molecule has 0 saturated carbocycles. The SMILES string of the molecule is Cn1cnnc1CCNC(=O)c1ccc([N+](=O)[O-])c(Cl)c1. The van der Waals surface area contributed by atoms with Crippen LogP contribution in [0.1, 0.15) is 16.2 Å². The van der Waals surface area contributed by atoms with Crippen LogP contribution in [0.15, 0.2) is 24.5 Å². The summed E-state index contributed by atoms with van der Waals surface area (Å²) in [7, 11) is 1.81. The summed E-state index contributed by atoms with van der Waals surface area (Å²) in [5.74, 6) is 0.394. The van der Waals surface area contributed by atoms with Crippen LogP contribution in [0, 0.1) is 10.1 Å². The molecule has 0 bridgehead atoms. The first-order valence-electron chi connectivity index (χ1n) is 6.04. The fourth-order valence-corrected chi connectivity index (χ4v) is 1.97. The van der Waals surface area contributed by atoms with E-state index in [4.69, 9.17) is 11.6 Å². The third-order valence-corrected chi connectivity index (χ3v) is 3.15. The first-order chi connectivity index (χ1) is 9.99. The summed E-state index contributed by atoms with van der Waals surface area (Å²) in [5, 5.41) is 20.9. The van der Waals surface area contributed by atoms with Gasteiger partial charge in [-0.3, -0.25) is 14.9 Å². The lowest BCUT2D eigenvalue weighted by atomic mass is 10.2. The molecule has 0 spiro atoms. The molecule has 1 aromatic carbocycles. The smallest absolute Gasteiger partial charge is 0.287 e. The number of nitro groups is 1. The zero-order valence-corrected chi connectivity index (χ0v) is 11.9. The zero-order valence-electron chi connectivity index (χ0n) is 11.1. The van der Waals surface area contributed by atoms with Gasteiger partial charge in [-0.25, -0.2) is 0 Å². The van der Waals surface area contributed by atoms with Crippen LogP contribution < -0.4 is 5.32 Å². The Morgan fingerprint density at radius 1 is 1.52 bits per heavy atom. The maximum absolute atomic E-state index is 11.9. The van der Waals surface area contributed by atoms with Crippen LogP contribution in [-0.2, 0) is 13.5 Å². The van der Waals surface area contributed by atoms with Crippen LogP contribution in [0.5, 0.6) is 0 Å². The van der Waals surface area contributed by atoms with E-state index in [-0.39, 0.29) is 22.2 Å². The van der Waals surface area contributed by atoms with Gasteiger partial charge in [0.1, 0.15) is 17.2 Å². The molecule has 0 saturated heterocycles. The van der Waals surface area contributed by atoms with Gasteiger partial charge in [0.15, 0.2) is 0 Å². The fourth-order valence-electron chi connectivity index (χ4n) is 1.72. The summed E-state index contributed by atoms with van der Waals surface area (Å²) in [6.07, 6.45) is 2.11. The van der Waals surface area contributed by atoms with Gasteiger partial charge in [-0.15, -0.1) is 10.2 Å². The first kappa shape index (κ1) is 14.9. The van der Waals surface area contributed by atoms with Crippen molar-refractivity contribution in [1.29, 1.82) is 0 Å². The van der Waals surface area contributed by atoms with Crippen molar-refractivity contribution in [3.63, 3.8) is 0 Å². The van der Waals surface area contributed by atoms with Crippen LogP contribution in [0.2, 0.25) is 5.02 Å². The van der Waals surface area contributed by atoms with Crippen molar-refractivity contribution in [2.75, 3.05) is 6.54 Å². The number of aryl methyl sites for hydroxylation is 1. The monoisotopic (exact) mass is 309 g/mol. The molecule has 8 nitrogen and oxygen atoms in total. The highest BCUT2D eigenvalue weighted by atomic mass is 35.5. The van der Waals surface area contributed by atoms with E-state index in [9.17, 15) is 14.9 Å².